The highest BCUT2D eigenvalue weighted by Crippen LogP contribution is 2.58. The average Bonchev–Trinajstić information content (AvgIpc) is 3.00. The number of hydrogen-bond acceptors (Lipinski definition) is 4. The molecule has 1 spiro atoms. The molecule has 2 aliphatic rings. The fourth-order valence-corrected chi connectivity index (χ4v) is 3.42. The van der Waals surface area contributed by atoms with E-state index in [0.717, 1.165) is 43.9 Å². The minimum absolute atomic E-state index is 0. The molecule has 0 aromatic carbocycles. The number of piperidine rings is 1. The zero-order valence-electron chi connectivity index (χ0n) is 13.1. The molecule has 1 amide bonds. The molecule has 130 valence electrons. The summed E-state index contributed by atoms with van der Waals surface area (Å²) in [6.07, 6.45) is 8.49. The Kier molecular flexibility index (Phi) is 5.85. The molecule has 2 aromatic rings. The molecular formula is C16H21Cl2N5O. The molecule has 1 aliphatic carbocycles. The highest BCUT2D eigenvalue weighted by Gasteiger charge is 2.57. The Labute approximate surface area is 153 Å². The van der Waals surface area contributed by atoms with Crippen LogP contribution in [0.5, 0.6) is 0 Å². The van der Waals surface area contributed by atoms with Crippen molar-refractivity contribution in [2.45, 2.75) is 19.3 Å². The molecule has 1 unspecified atom stereocenters. The van der Waals surface area contributed by atoms with Crippen molar-refractivity contribution in [3.63, 3.8) is 0 Å². The number of hydrogen-bond donors (Lipinski definition) is 2. The molecule has 3 heterocycles. The summed E-state index contributed by atoms with van der Waals surface area (Å²) in [4.78, 5) is 16.7. The molecular weight excluding hydrogens is 349 g/mol. The highest BCUT2D eigenvalue weighted by molar-refractivity contribution is 5.95. The molecule has 0 bridgehead atoms. The minimum atomic E-state index is 0. The predicted molar refractivity (Wildman–Crippen MR) is 97.1 cm³/mol. The molecule has 8 heteroatoms. The van der Waals surface area contributed by atoms with Gasteiger partial charge in [-0.25, -0.2) is 9.67 Å². The number of anilines is 1. The van der Waals surface area contributed by atoms with Crippen molar-refractivity contribution in [1.82, 2.24) is 20.1 Å². The van der Waals surface area contributed by atoms with Crippen LogP contribution in [0.2, 0.25) is 0 Å². The maximum Gasteiger partial charge on any atom is 0.228 e. The Bertz CT molecular complexity index is 668. The second-order valence-electron chi connectivity index (χ2n) is 6.21. The molecule has 1 atom stereocenters. The molecule has 0 radical (unpaired) electrons. The van der Waals surface area contributed by atoms with Crippen LogP contribution in [0.1, 0.15) is 19.3 Å². The van der Waals surface area contributed by atoms with Crippen molar-refractivity contribution in [3.8, 4) is 5.82 Å². The Hall–Kier alpha value is -1.63. The molecule has 4 rings (SSSR count). The lowest BCUT2D eigenvalue weighted by Crippen LogP contribution is -2.31. The van der Waals surface area contributed by atoms with Crippen molar-refractivity contribution >= 4 is 36.4 Å². The first-order chi connectivity index (χ1) is 10.8. The van der Waals surface area contributed by atoms with Gasteiger partial charge in [0.05, 0.1) is 11.9 Å². The van der Waals surface area contributed by atoms with Crippen LogP contribution in [0, 0.1) is 11.3 Å². The van der Waals surface area contributed by atoms with E-state index in [1.807, 2.05) is 24.4 Å². The summed E-state index contributed by atoms with van der Waals surface area (Å²) in [6.45, 7) is 2.06. The Morgan fingerprint density at radius 3 is 2.71 bits per heavy atom. The third kappa shape index (κ3) is 3.55. The van der Waals surface area contributed by atoms with Gasteiger partial charge in [0.1, 0.15) is 0 Å². The number of carbonyl (C=O) groups excluding carboxylic acids is 1. The number of amides is 1. The smallest absolute Gasteiger partial charge is 0.228 e. The van der Waals surface area contributed by atoms with Crippen molar-refractivity contribution in [1.29, 1.82) is 0 Å². The summed E-state index contributed by atoms with van der Waals surface area (Å²) >= 11 is 0. The molecule has 2 N–H and O–H groups in total. The number of aromatic nitrogens is 3. The third-order valence-corrected chi connectivity index (χ3v) is 4.86. The van der Waals surface area contributed by atoms with E-state index in [0.29, 0.717) is 0 Å². The Morgan fingerprint density at radius 2 is 2.08 bits per heavy atom. The fourth-order valence-electron chi connectivity index (χ4n) is 3.42. The largest absolute Gasteiger partial charge is 0.324 e. The maximum atomic E-state index is 12.4. The van der Waals surface area contributed by atoms with E-state index in [1.54, 1.807) is 17.1 Å². The zero-order chi connectivity index (χ0) is 15.0. The summed E-state index contributed by atoms with van der Waals surface area (Å²) in [6, 6.07) is 5.58. The summed E-state index contributed by atoms with van der Waals surface area (Å²) < 4.78 is 1.69. The number of nitrogens with zero attached hydrogens (tertiary/aromatic N) is 3. The molecule has 1 saturated heterocycles. The van der Waals surface area contributed by atoms with Gasteiger partial charge in [0.15, 0.2) is 5.82 Å². The fraction of sp³-hybridized carbons (Fsp3) is 0.438. The quantitative estimate of drug-likeness (QED) is 0.871. The standard InChI is InChI=1S/C16H19N5O.2ClH/c22-15(13-10-16(13)4-7-17-8-5-16)20-12-2-3-14(18-11-12)21-9-1-6-19-21;;/h1-3,6,9,11,13,17H,4-5,7-8,10H2,(H,20,22);2*1H. The van der Waals surface area contributed by atoms with Crippen molar-refractivity contribution in [3.05, 3.63) is 36.8 Å². The molecule has 2 fully saturated rings. The summed E-state index contributed by atoms with van der Waals surface area (Å²) in [7, 11) is 0. The molecule has 6 nitrogen and oxygen atoms in total. The number of halogens is 2. The van der Waals surface area contributed by atoms with E-state index >= 15 is 0 Å². The molecule has 2 aromatic heterocycles. The van der Waals surface area contributed by atoms with Gasteiger partial charge in [-0.1, -0.05) is 0 Å². The van der Waals surface area contributed by atoms with Crippen molar-refractivity contribution < 1.29 is 4.79 Å². The lowest BCUT2D eigenvalue weighted by Gasteiger charge is -2.23. The van der Waals surface area contributed by atoms with E-state index in [4.69, 9.17) is 0 Å². The van der Waals surface area contributed by atoms with Crippen LogP contribution in [-0.4, -0.2) is 33.8 Å². The van der Waals surface area contributed by atoms with Gasteiger partial charge >= 0.3 is 0 Å². The summed E-state index contributed by atoms with van der Waals surface area (Å²) in [5.41, 5.74) is 1.01. The van der Waals surface area contributed by atoms with Crippen molar-refractivity contribution in [2.75, 3.05) is 18.4 Å². The number of rotatable bonds is 3. The predicted octanol–water partition coefficient (Wildman–Crippen LogP) is 2.44. The first kappa shape index (κ1) is 18.7. The maximum absolute atomic E-state index is 12.4. The van der Waals surface area contributed by atoms with Gasteiger partial charge in [-0.15, -0.1) is 24.8 Å². The SMILES string of the molecule is Cl.Cl.O=C(Nc1ccc(-n2cccn2)nc1)C1CC12CCNCC2. The number of carbonyl (C=O) groups is 1. The monoisotopic (exact) mass is 369 g/mol. The minimum Gasteiger partial charge on any atom is -0.324 e. The second kappa shape index (κ2) is 7.51. The molecule has 1 saturated carbocycles. The summed E-state index contributed by atoms with van der Waals surface area (Å²) in [5, 5.41) is 10.5. The third-order valence-electron chi connectivity index (χ3n) is 4.86. The van der Waals surface area contributed by atoms with Gasteiger partial charge in [0.2, 0.25) is 5.91 Å². The first-order valence-corrected chi connectivity index (χ1v) is 7.75. The van der Waals surface area contributed by atoms with E-state index < -0.39 is 0 Å². The topological polar surface area (TPSA) is 71.8 Å². The van der Waals surface area contributed by atoms with Gasteiger partial charge in [-0.05, 0) is 56.0 Å². The van der Waals surface area contributed by atoms with Gasteiger partial charge in [-0.3, -0.25) is 4.79 Å². The van der Waals surface area contributed by atoms with Crippen LogP contribution in [0.25, 0.3) is 5.82 Å². The lowest BCUT2D eigenvalue weighted by molar-refractivity contribution is -0.118. The Balaban J connectivity index is 0.00000104. The van der Waals surface area contributed by atoms with Crippen LogP contribution in [0.4, 0.5) is 5.69 Å². The van der Waals surface area contributed by atoms with E-state index in [1.165, 1.54) is 0 Å². The van der Waals surface area contributed by atoms with E-state index in [2.05, 4.69) is 20.7 Å². The lowest BCUT2D eigenvalue weighted by atomic mass is 9.92. The Morgan fingerprint density at radius 1 is 1.29 bits per heavy atom. The zero-order valence-corrected chi connectivity index (χ0v) is 14.8. The van der Waals surface area contributed by atoms with Crippen LogP contribution in [0.15, 0.2) is 36.8 Å². The first-order valence-electron chi connectivity index (χ1n) is 7.75. The van der Waals surface area contributed by atoms with Gasteiger partial charge in [-0.2, -0.15) is 5.10 Å². The van der Waals surface area contributed by atoms with E-state index in [-0.39, 0.29) is 42.1 Å². The average molecular weight is 370 g/mol. The number of nitrogens with one attached hydrogen (secondary N) is 2. The van der Waals surface area contributed by atoms with Crippen LogP contribution in [-0.2, 0) is 4.79 Å². The second-order valence-corrected chi connectivity index (χ2v) is 6.21. The van der Waals surface area contributed by atoms with Crippen LogP contribution in [0.3, 0.4) is 0 Å². The summed E-state index contributed by atoms with van der Waals surface area (Å²) in [5.74, 6) is 1.04. The highest BCUT2D eigenvalue weighted by atomic mass is 35.5. The van der Waals surface area contributed by atoms with Crippen LogP contribution >= 0.6 is 24.8 Å². The van der Waals surface area contributed by atoms with Gasteiger partial charge < -0.3 is 10.6 Å². The normalized spacial score (nSPS) is 20.6. The van der Waals surface area contributed by atoms with Gasteiger partial charge in [0.25, 0.3) is 0 Å². The molecule has 24 heavy (non-hydrogen) atoms. The molecule has 1 aliphatic heterocycles. The van der Waals surface area contributed by atoms with Crippen molar-refractivity contribution in [2.24, 2.45) is 11.3 Å². The van der Waals surface area contributed by atoms with E-state index in [9.17, 15) is 4.79 Å². The van der Waals surface area contributed by atoms with Gasteiger partial charge in [0, 0.05) is 18.3 Å². The number of pyridine rings is 1. The van der Waals surface area contributed by atoms with Crippen LogP contribution < -0.4 is 10.6 Å².